The number of carbonyl (C=O) groups is 1. The van der Waals surface area contributed by atoms with E-state index in [1.807, 2.05) is 0 Å². The Bertz CT molecular complexity index is 579. The van der Waals surface area contributed by atoms with Crippen LogP contribution in [0.15, 0.2) is 48.5 Å². The molecule has 0 saturated carbocycles. The molecule has 0 heterocycles. The Morgan fingerprint density at radius 2 is 1.38 bits per heavy atom. The highest BCUT2D eigenvalue weighted by molar-refractivity contribution is 5.72. The number of hydrogen-bond acceptors (Lipinski definition) is 3. The summed E-state index contributed by atoms with van der Waals surface area (Å²) in [5.41, 5.74) is 0. The smallest absolute Gasteiger partial charge is 0.311 e. The molecule has 3 nitrogen and oxygen atoms in total. The van der Waals surface area contributed by atoms with Gasteiger partial charge in [0, 0.05) is 6.42 Å². The molecule has 0 atom stereocenters. The first-order chi connectivity index (χ1) is 10.1. The SMILES string of the molecule is O=C(CCCOc1ccc(F)cc1)Oc1ccc(F)cc1. The summed E-state index contributed by atoms with van der Waals surface area (Å²) in [4.78, 5) is 11.5. The van der Waals surface area contributed by atoms with Crippen molar-refractivity contribution in [3.8, 4) is 11.5 Å². The van der Waals surface area contributed by atoms with Crippen LogP contribution in [0.5, 0.6) is 11.5 Å². The summed E-state index contributed by atoms with van der Waals surface area (Å²) in [5, 5.41) is 0. The molecule has 2 aromatic carbocycles. The van der Waals surface area contributed by atoms with Crippen molar-refractivity contribution in [2.24, 2.45) is 0 Å². The highest BCUT2D eigenvalue weighted by atomic mass is 19.1. The molecule has 0 aliphatic heterocycles. The van der Waals surface area contributed by atoms with Crippen LogP contribution in [0.3, 0.4) is 0 Å². The number of halogens is 2. The molecule has 0 N–H and O–H groups in total. The van der Waals surface area contributed by atoms with Crippen molar-refractivity contribution in [1.82, 2.24) is 0 Å². The number of carbonyl (C=O) groups excluding carboxylic acids is 1. The first kappa shape index (κ1) is 15.0. The molecule has 0 aliphatic rings. The van der Waals surface area contributed by atoms with E-state index in [4.69, 9.17) is 9.47 Å². The number of hydrogen-bond donors (Lipinski definition) is 0. The molecule has 21 heavy (non-hydrogen) atoms. The van der Waals surface area contributed by atoms with Gasteiger partial charge >= 0.3 is 5.97 Å². The summed E-state index contributed by atoms with van der Waals surface area (Å²) in [7, 11) is 0. The molecule has 0 saturated heterocycles. The molecule has 0 aromatic heterocycles. The molecule has 0 unspecified atom stereocenters. The van der Waals surface area contributed by atoms with Gasteiger partial charge in [0.15, 0.2) is 0 Å². The third-order valence-corrected chi connectivity index (χ3v) is 2.65. The van der Waals surface area contributed by atoms with Crippen LogP contribution in [-0.2, 0) is 4.79 Å². The van der Waals surface area contributed by atoms with Gasteiger partial charge in [-0.2, -0.15) is 0 Å². The summed E-state index contributed by atoms with van der Waals surface area (Å²) in [5.74, 6) is -0.277. The maximum atomic E-state index is 12.7. The maximum absolute atomic E-state index is 12.7. The fourth-order valence-corrected chi connectivity index (χ4v) is 1.62. The van der Waals surface area contributed by atoms with Crippen molar-refractivity contribution in [2.45, 2.75) is 12.8 Å². The molecular weight excluding hydrogens is 278 g/mol. The molecule has 2 aromatic rings. The van der Waals surface area contributed by atoms with Gasteiger partial charge in [0.1, 0.15) is 23.1 Å². The highest BCUT2D eigenvalue weighted by Crippen LogP contribution is 2.13. The number of benzene rings is 2. The van der Waals surface area contributed by atoms with Gasteiger partial charge in [-0.25, -0.2) is 8.78 Å². The monoisotopic (exact) mass is 292 g/mol. The molecule has 5 heteroatoms. The van der Waals surface area contributed by atoms with E-state index in [0.717, 1.165) is 0 Å². The van der Waals surface area contributed by atoms with Gasteiger partial charge in [-0.1, -0.05) is 0 Å². The van der Waals surface area contributed by atoms with Crippen LogP contribution in [0.1, 0.15) is 12.8 Å². The zero-order valence-corrected chi connectivity index (χ0v) is 11.2. The zero-order chi connectivity index (χ0) is 15.1. The minimum Gasteiger partial charge on any atom is -0.494 e. The normalized spacial score (nSPS) is 10.2. The first-order valence-corrected chi connectivity index (χ1v) is 6.48. The van der Waals surface area contributed by atoms with E-state index in [2.05, 4.69) is 0 Å². The Kier molecular flexibility index (Phi) is 5.26. The van der Waals surface area contributed by atoms with E-state index in [1.165, 1.54) is 48.5 Å². The minimum absolute atomic E-state index is 0.179. The van der Waals surface area contributed by atoms with Gasteiger partial charge < -0.3 is 9.47 Å². The van der Waals surface area contributed by atoms with Gasteiger partial charge in [-0.3, -0.25) is 4.79 Å². The Hall–Kier alpha value is -2.43. The number of rotatable bonds is 6. The second-order valence-corrected chi connectivity index (χ2v) is 4.33. The topological polar surface area (TPSA) is 35.5 Å². The third kappa shape index (κ3) is 5.22. The van der Waals surface area contributed by atoms with E-state index in [0.29, 0.717) is 24.5 Å². The summed E-state index contributed by atoms with van der Waals surface area (Å²) >= 11 is 0. The van der Waals surface area contributed by atoms with E-state index in [1.54, 1.807) is 0 Å². The molecule has 0 amide bonds. The molecule has 0 radical (unpaired) electrons. The number of ether oxygens (including phenoxy) is 2. The van der Waals surface area contributed by atoms with E-state index < -0.39 is 5.97 Å². The summed E-state index contributed by atoms with van der Waals surface area (Å²) < 4.78 is 35.7. The average Bonchev–Trinajstić information content (AvgIpc) is 2.48. The van der Waals surface area contributed by atoms with Crippen LogP contribution >= 0.6 is 0 Å². The Balaban J connectivity index is 1.67. The predicted octanol–water partition coefficient (Wildman–Crippen LogP) is 3.73. The largest absolute Gasteiger partial charge is 0.494 e. The molecule has 0 aliphatic carbocycles. The zero-order valence-electron chi connectivity index (χ0n) is 11.2. The molecule has 110 valence electrons. The fourth-order valence-electron chi connectivity index (χ4n) is 1.62. The van der Waals surface area contributed by atoms with Crippen LogP contribution < -0.4 is 9.47 Å². The van der Waals surface area contributed by atoms with Gasteiger partial charge in [0.25, 0.3) is 0 Å². The van der Waals surface area contributed by atoms with Crippen molar-refractivity contribution in [1.29, 1.82) is 0 Å². The standard InChI is InChI=1S/C16H14F2O3/c17-12-3-7-14(8-4-12)20-11-1-2-16(19)21-15-9-5-13(18)6-10-15/h3-10H,1-2,11H2. The quantitative estimate of drug-likeness (QED) is 0.462. The van der Waals surface area contributed by atoms with Gasteiger partial charge in [-0.15, -0.1) is 0 Å². The van der Waals surface area contributed by atoms with Gasteiger partial charge in [-0.05, 0) is 55.0 Å². The van der Waals surface area contributed by atoms with E-state index in [9.17, 15) is 13.6 Å². The van der Waals surface area contributed by atoms with Crippen molar-refractivity contribution in [3.05, 3.63) is 60.2 Å². The van der Waals surface area contributed by atoms with Crippen LogP contribution in [0.25, 0.3) is 0 Å². The Labute approximate surface area is 121 Å². The van der Waals surface area contributed by atoms with Crippen LogP contribution in [0, 0.1) is 11.6 Å². The predicted molar refractivity (Wildman–Crippen MR) is 73.2 cm³/mol. The minimum atomic E-state index is -0.413. The summed E-state index contributed by atoms with van der Waals surface area (Å²) in [6, 6.07) is 10.9. The van der Waals surface area contributed by atoms with Crippen LogP contribution in [-0.4, -0.2) is 12.6 Å². The number of esters is 1. The van der Waals surface area contributed by atoms with Crippen molar-refractivity contribution >= 4 is 5.97 Å². The first-order valence-electron chi connectivity index (χ1n) is 6.48. The van der Waals surface area contributed by atoms with Gasteiger partial charge in [0.2, 0.25) is 0 Å². The van der Waals surface area contributed by atoms with Crippen molar-refractivity contribution < 1.29 is 23.0 Å². The second-order valence-electron chi connectivity index (χ2n) is 4.33. The highest BCUT2D eigenvalue weighted by Gasteiger charge is 2.05. The molecule has 0 spiro atoms. The lowest BCUT2D eigenvalue weighted by atomic mass is 10.3. The summed E-state index contributed by atoms with van der Waals surface area (Å²) in [6.45, 7) is 0.324. The van der Waals surface area contributed by atoms with E-state index >= 15 is 0 Å². The lowest BCUT2D eigenvalue weighted by Gasteiger charge is -2.06. The average molecular weight is 292 g/mol. The van der Waals surface area contributed by atoms with Crippen LogP contribution in [0.2, 0.25) is 0 Å². The molecule has 2 rings (SSSR count). The molecular formula is C16H14F2O3. The lowest BCUT2D eigenvalue weighted by molar-refractivity contribution is -0.134. The summed E-state index contributed by atoms with van der Waals surface area (Å²) in [6.07, 6.45) is 0.649. The molecule has 0 bridgehead atoms. The van der Waals surface area contributed by atoms with E-state index in [-0.39, 0.29) is 18.1 Å². The second kappa shape index (κ2) is 7.38. The third-order valence-electron chi connectivity index (χ3n) is 2.65. The Morgan fingerprint density at radius 3 is 1.95 bits per heavy atom. The maximum Gasteiger partial charge on any atom is 0.311 e. The molecule has 0 fully saturated rings. The van der Waals surface area contributed by atoms with Crippen molar-refractivity contribution in [2.75, 3.05) is 6.61 Å². The fraction of sp³-hybridized carbons (Fsp3) is 0.188. The van der Waals surface area contributed by atoms with Crippen LogP contribution in [0.4, 0.5) is 8.78 Å². The van der Waals surface area contributed by atoms with Gasteiger partial charge in [0.05, 0.1) is 6.61 Å². The lowest BCUT2D eigenvalue weighted by Crippen LogP contribution is -2.09. The Morgan fingerprint density at radius 1 is 0.857 bits per heavy atom. The van der Waals surface area contributed by atoms with Crippen molar-refractivity contribution in [3.63, 3.8) is 0 Å².